The molecule has 4 aromatic rings. The second-order valence-corrected chi connectivity index (χ2v) is 12.6. The van der Waals surface area contributed by atoms with E-state index in [1.807, 2.05) is 121 Å². The fraction of sp³-hybridized carbons (Fsp3) is 0.206. The third kappa shape index (κ3) is 9.45. The largest absolute Gasteiger partial charge is 0.459 e. The van der Waals surface area contributed by atoms with Crippen molar-refractivity contribution >= 4 is 25.0 Å². The molecule has 0 aliphatic carbocycles. The van der Waals surface area contributed by atoms with E-state index in [9.17, 15) is 19.4 Å². The first-order valence-electron chi connectivity index (χ1n) is 13.8. The normalized spacial score (nSPS) is 12.6. The summed E-state index contributed by atoms with van der Waals surface area (Å²) in [5, 5.41) is 11.3. The van der Waals surface area contributed by atoms with E-state index in [1.54, 1.807) is 0 Å². The first-order valence-corrected chi connectivity index (χ1v) is 15.7. The van der Waals surface area contributed by atoms with Gasteiger partial charge < -0.3 is 10.1 Å². The van der Waals surface area contributed by atoms with E-state index in [4.69, 9.17) is 10.1 Å². The Hall–Kier alpha value is -4.16. The molecule has 2 atom stereocenters. The number of rotatable bonds is 14. The third-order valence-corrected chi connectivity index (χ3v) is 8.90. The average molecular weight is 584 g/mol. The average Bonchev–Trinajstić information content (AvgIpc) is 3.01. The molecule has 0 spiro atoms. The monoisotopic (exact) mass is 583 g/mol. The van der Waals surface area contributed by atoms with Crippen molar-refractivity contribution in [3.8, 4) is 0 Å². The molecule has 7 nitrogen and oxygen atoms in total. The number of esters is 1. The lowest BCUT2D eigenvalue weighted by atomic mass is 9.99. The van der Waals surface area contributed by atoms with Crippen LogP contribution in [-0.2, 0) is 40.2 Å². The Morgan fingerprint density at radius 3 is 1.67 bits per heavy atom. The molecule has 42 heavy (non-hydrogen) atoms. The first-order chi connectivity index (χ1) is 20.3. The summed E-state index contributed by atoms with van der Waals surface area (Å²) in [6.07, 6.45) is 0.187. The van der Waals surface area contributed by atoms with Gasteiger partial charge in [-0.3, -0.25) is 10.2 Å². The van der Waals surface area contributed by atoms with E-state index in [1.165, 1.54) is 0 Å². The standard InChI is InChI=1S/C34H35N2O5P/c35-32(23-28-17-9-3-10-18-28)42(39,40)25-30(21-26-13-5-1-6-14-26)33(37)36-31(22-27-15-7-2-8-16-27)34(38)41-24-29-19-11-4-12-20-29/h1-20,30-31,35,39-40H,21-25H2/p+1/t30?,31-/m0/s1. The summed E-state index contributed by atoms with van der Waals surface area (Å²) in [6.45, 7) is 0.0623. The molecule has 8 heteroatoms. The lowest BCUT2D eigenvalue weighted by Crippen LogP contribution is -2.47. The second-order valence-electron chi connectivity index (χ2n) is 10.3. The number of hydrogen-bond donors (Lipinski definition) is 4. The number of nitrogens with one attached hydrogen (secondary N) is 2. The van der Waals surface area contributed by atoms with Gasteiger partial charge in [0.15, 0.2) is 0 Å². The Kier molecular flexibility index (Phi) is 11.1. The zero-order valence-electron chi connectivity index (χ0n) is 23.3. The van der Waals surface area contributed by atoms with Crippen LogP contribution < -0.4 is 5.32 Å². The van der Waals surface area contributed by atoms with Crippen molar-refractivity contribution < 1.29 is 24.1 Å². The van der Waals surface area contributed by atoms with Crippen LogP contribution in [0.1, 0.15) is 22.3 Å². The van der Waals surface area contributed by atoms with Gasteiger partial charge >= 0.3 is 13.7 Å². The van der Waals surface area contributed by atoms with Crippen molar-refractivity contribution in [2.24, 2.45) is 5.92 Å². The smallest absolute Gasteiger partial charge is 0.329 e. The molecule has 0 aromatic heterocycles. The number of carbonyl (C=O) groups excluding carboxylic acids is 2. The molecule has 0 saturated heterocycles. The SMILES string of the molecule is N=C(Cc1ccccc1)[P+](O)(O)CC(Cc1ccccc1)C(=O)N[C@@H](Cc1ccccc1)C(=O)OCc1ccccc1. The maximum absolute atomic E-state index is 13.8. The third-order valence-electron chi connectivity index (χ3n) is 6.92. The van der Waals surface area contributed by atoms with Crippen molar-refractivity contribution in [3.05, 3.63) is 144 Å². The van der Waals surface area contributed by atoms with Crippen LogP contribution in [-0.4, -0.2) is 39.3 Å². The van der Waals surface area contributed by atoms with Gasteiger partial charge in [0.05, 0.1) is 12.3 Å². The van der Waals surface area contributed by atoms with Crippen LogP contribution >= 0.6 is 7.72 Å². The molecule has 4 rings (SSSR count). The van der Waals surface area contributed by atoms with Crippen LogP contribution in [0, 0.1) is 11.3 Å². The topological polar surface area (TPSA) is 120 Å². The number of ether oxygens (including phenoxy) is 1. The van der Waals surface area contributed by atoms with Gasteiger partial charge in [-0.25, -0.2) is 14.6 Å². The Bertz CT molecular complexity index is 1430. The van der Waals surface area contributed by atoms with Crippen molar-refractivity contribution in [1.82, 2.24) is 5.32 Å². The molecular weight excluding hydrogens is 547 g/mol. The predicted octanol–water partition coefficient (Wildman–Crippen LogP) is 5.37. The molecule has 0 bridgehead atoms. The van der Waals surface area contributed by atoms with E-state index in [0.29, 0.717) is 0 Å². The Morgan fingerprint density at radius 1 is 0.690 bits per heavy atom. The molecule has 0 aliphatic heterocycles. The van der Waals surface area contributed by atoms with Gasteiger partial charge in [-0.05, 0) is 28.7 Å². The highest BCUT2D eigenvalue weighted by Gasteiger charge is 2.45. The molecule has 0 saturated carbocycles. The quantitative estimate of drug-likeness (QED) is 0.0904. The Labute approximate surface area is 247 Å². The lowest BCUT2D eigenvalue weighted by Gasteiger charge is -2.24. The highest BCUT2D eigenvalue weighted by atomic mass is 31.2. The van der Waals surface area contributed by atoms with Gasteiger partial charge in [-0.1, -0.05) is 121 Å². The van der Waals surface area contributed by atoms with Gasteiger partial charge in [0.2, 0.25) is 11.4 Å². The van der Waals surface area contributed by atoms with E-state index < -0.39 is 31.6 Å². The minimum absolute atomic E-state index is 0.0623. The minimum atomic E-state index is -3.93. The Morgan fingerprint density at radius 2 is 1.14 bits per heavy atom. The first kappa shape index (κ1) is 30.8. The van der Waals surface area contributed by atoms with Crippen LogP contribution in [0.4, 0.5) is 0 Å². The maximum atomic E-state index is 13.8. The summed E-state index contributed by atoms with van der Waals surface area (Å²) in [4.78, 5) is 49.3. The van der Waals surface area contributed by atoms with Crippen LogP contribution in [0.2, 0.25) is 0 Å². The molecule has 1 unspecified atom stereocenters. The number of amides is 1. The fourth-order valence-electron chi connectivity index (χ4n) is 4.63. The highest BCUT2D eigenvalue weighted by molar-refractivity contribution is 7.81. The summed E-state index contributed by atoms with van der Waals surface area (Å²) in [5.74, 6) is -1.98. The van der Waals surface area contributed by atoms with Crippen molar-refractivity contribution in [2.45, 2.75) is 31.9 Å². The van der Waals surface area contributed by atoms with E-state index in [0.717, 1.165) is 22.3 Å². The van der Waals surface area contributed by atoms with Crippen LogP contribution in [0.3, 0.4) is 0 Å². The molecule has 0 aliphatic rings. The Balaban J connectivity index is 1.53. The summed E-state index contributed by atoms with van der Waals surface area (Å²) < 4.78 is 5.59. The maximum Gasteiger partial charge on any atom is 0.329 e. The van der Waals surface area contributed by atoms with Gasteiger partial charge in [0, 0.05) is 6.42 Å². The molecule has 216 valence electrons. The second kappa shape index (κ2) is 15.2. The molecule has 0 fully saturated rings. The van der Waals surface area contributed by atoms with Crippen LogP contribution in [0.15, 0.2) is 121 Å². The fourth-order valence-corrected chi connectivity index (χ4v) is 6.20. The summed E-state index contributed by atoms with van der Waals surface area (Å²) in [5.41, 5.74) is 3.07. The van der Waals surface area contributed by atoms with Gasteiger partial charge in [0.25, 0.3) is 0 Å². The van der Waals surface area contributed by atoms with E-state index in [-0.39, 0.29) is 37.5 Å². The van der Waals surface area contributed by atoms with Gasteiger partial charge in [-0.15, -0.1) is 0 Å². The van der Waals surface area contributed by atoms with Gasteiger partial charge in [0.1, 0.15) is 18.8 Å². The molecule has 1 amide bonds. The summed E-state index contributed by atoms with van der Waals surface area (Å²) >= 11 is 0. The predicted molar refractivity (Wildman–Crippen MR) is 166 cm³/mol. The molecule has 4 N–H and O–H groups in total. The number of carbonyl (C=O) groups is 2. The van der Waals surface area contributed by atoms with Crippen molar-refractivity contribution in [3.63, 3.8) is 0 Å². The zero-order chi connectivity index (χ0) is 29.8. The van der Waals surface area contributed by atoms with Crippen molar-refractivity contribution in [1.29, 1.82) is 5.41 Å². The molecule has 0 heterocycles. The van der Waals surface area contributed by atoms with E-state index >= 15 is 0 Å². The van der Waals surface area contributed by atoms with Crippen molar-refractivity contribution in [2.75, 3.05) is 6.16 Å². The van der Waals surface area contributed by atoms with Crippen LogP contribution in [0.5, 0.6) is 0 Å². The zero-order valence-corrected chi connectivity index (χ0v) is 24.2. The number of hydrogen-bond acceptors (Lipinski definition) is 6. The van der Waals surface area contributed by atoms with E-state index in [2.05, 4.69) is 5.32 Å². The number of benzene rings is 4. The summed E-state index contributed by atoms with van der Waals surface area (Å²) in [6, 6.07) is 36.0. The minimum Gasteiger partial charge on any atom is -0.459 e. The molecule has 4 aromatic carbocycles. The van der Waals surface area contributed by atoms with Gasteiger partial charge in [-0.2, -0.15) is 0 Å². The molecule has 0 radical (unpaired) electrons. The molecular formula is C34H36N2O5P+. The lowest BCUT2D eigenvalue weighted by molar-refractivity contribution is -0.149. The summed E-state index contributed by atoms with van der Waals surface area (Å²) in [7, 11) is -3.93. The van der Waals surface area contributed by atoms with Crippen LogP contribution in [0.25, 0.3) is 0 Å². The highest BCUT2D eigenvalue weighted by Crippen LogP contribution is 2.53.